The summed E-state index contributed by atoms with van der Waals surface area (Å²) in [6.07, 6.45) is 1.47. The van der Waals surface area contributed by atoms with E-state index in [0.29, 0.717) is 36.5 Å². The Hall–Kier alpha value is -2.93. The number of carboxylic acids is 1. The fourth-order valence-corrected chi connectivity index (χ4v) is 3.16. The monoisotopic (exact) mass is 387 g/mol. The summed E-state index contributed by atoms with van der Waals surface area (Å²) < 4.78 is 24.1. The lowest BCUT2D eigenvalue weighted by Gasteiger charge is -2.28. The number of halogens is 1. The highest BCUT2D eigenvalue weighted by Gasteiger charge is 2.31. The number of carboxylic acid groups (broad SMARTS) is 1. The highest BCUT2D eigenvalue weighted by Crippen LogP contribution is 2.19. The van der Waals surface area contributed by atoms with Gasteiger partial charge in [-0.25, -0.2) is 9.18 Å². The topological polar surface area (TPSA) is 84.9 Å². The second kappa shape index (κ2) is 9.32. The van der Waals surface area contributed by atoms with Crippen LogP contribution in [-0.4, -0.2) is 36.2 Å². The van der Waals surface area contributed by atoms with E-state index in [1.165, 1.54) is 12.1 Å². The third-order valence-electron chi connectivity index (χ3n) is 4.61. The first kappa shape index (κ1) is 19.8. The molecule has 2 unspecified atom stereocenters. The Bertz CT molecular complexity index is 835. The summed E-state index contributed by atoms with van der Waals surface area (Å²) in [5.74, 6) is -1.80. The molecular weight excluding hydrogens is 365 g/mol. The average molecular weight is 387 g/mol. The van der Waals surface area contributed by atoms with Gasteiger partial charge in [0.1, 0.15) is 24.2 Å². The minimum atomic E-state index is -1.07. The van der Waals surface area contributed by atoms with Gasteiger partial charge in [0.15, 0.2) is 0 Å². The van der Waals surface area contributed by atoms with E-state index in [2.05, 4.69) is 5.32 Å². The zero-order chi connectivity index (χ0) is 19.9. The smallest absolute Gasteiger partial charge is 0.326 e. The van der Waals surface area contributed by atoms with Gasteiger partial charge in [-0.05, 0) is 42.7 Å². The van der Waals surface area contributed by atoms with Crippen molar-refractivity contribution in [2.75, 3.05) is 13.2 Å². The van der Waals surface area contributed by atoms with Crippen molar-refractivity contribution in [2.45, 2.75) is 25.5 Å². The van der Waals surface area contributed by atoms with Gasteiger partial charge >= 0.3 is 5.97 Å². The number of ether oxygens (including phenoxy) is 2. The van der Waals surface area contributed by atoms with Crippen LogP contribution in [0.3, 0.4) is 0 Å². The summed E-state index contributed by atoms with van der Waals surface area (Å²) in [5.41, 5.74) is 1.05. The Morgan fingerprint density at radius 2 is 2.07 bits per heavy atom. The van der Waals surface area contributed by atoms with Crippen LogP contribution >= 0.6 is 0 Å². The average Bonchev–Trinajstić information content (AvgIpc) is 2.71. The molecule has 1 amide bonds. The van der Waals surface area contributed by atoms with Crippen LogP contribution in [0.4, 0.5) is 4.39 Å². The van der Waals surface area contributed by atoms with E-state index in [1.54, 1.807) is 36.4 Å². The highest BCUT2D eigenvalue weighted by atomic mass is 19.1. The lowest BCUT2D eigenvalue weighted by Crippen LogP contribution is -2.48. The fraction of sp³-hybridized carbons (Fsp3) is 0.333. The standard InChI is InChI=1S/C21H22FNO5/c22-17-7-2-8-18(11-17)28-12-14-4-1-5-15(10-14)20(24)23-19(21(25)26)16-6-3-9-27-13-16/h1-2,4-5,7-8,10-11,16,19H,3,6,9,12-13H2,(H,23,24)(H,25,26). The van der Waals surface area contributed by atoms with Crippen LogP contribution in [0.15, 0.2) is 48.5 Å². The molecule has 6 nitrogen and oxygen atoms in total. The van der Waals surface area contributed by atoms with Gasteiger partial charge in [-0.1, -0.05) is 18.2 Å². The van der Waals surface area contributed by atoms with Crippen LogP contribution in [0.5, 0.6) is 5.75 Å². The summed E-state index contributed by atoms with van der Waals surface area (Å²) in [7, 11) is 0. The number of aliphatic carboxylic acids is 1. The molecule has 0 aromatic heterocycles. The molecule has 0 saturated carbocycles. The molecule has 0 radical (unpaired) electrons. The van der Waals surface area contributed by atoms with E-state index >= 15 is 0 Å². The molecule has 0 bridgehead atoms. The van der Waals surface area contributed by atoms with Crippen molar-refractivity contribution < 1.29 is 28.6 Å². The molecular formula is C21H22FNO5. The lowest BCUT2D eigenvalue weighted by molar-refractivity contribution is -0.142. The van der Waals surface area contributed by atoms with Crippen LogP contribution in [0.25, 0.3) is 0 Å². The Kier molecular flexibility index (Phi) is 6.60. The van der Waals surface area contributed by atoms with Crippen molar-refractivity contribution in [2.24, 2.45) is 5.92 Å². The lowest BCUT2D eigenvalue weighted by atomic mass is 9.93. The van der Waals surface area contributed by atoms with E-state index in [0.717, 1.165) is 6.42 Å². The molecule has 2 N–H and O–H groups in total. The van der Waals surface area contributed by atoms with Crippen molar-refractivity contribution in [1.29, 1.82) is 0 Å². The third kappa shape index (κ3) is 5.29. The van der Waals surface area contributed by atoms with Crippen molar-refractivity contribution in [3.63, 3.8) is 0 Å². The molecule has 0 spiro atoms. The molecule has 7 heteroatoms. The van der Waals surface area contributed by atoms with E-state index in [9.17, 15) is 19.1 Å². The number of hydrogen-bond acceptors (Lipinski definition) is 4. The van der Waals surface area contributed by atoms with Crippen LogP contribution in [0.1, 0.15) is 28.8 Å². The van der Waals surface area contributed by atoms with Crippen LogP contribution in [-0.2, 0) is 16.1 Å². The number of nitrogens with one attached hydrogen (secondary N) is 1. The van der Waals surface area contributed by atoms with Crippen molar-refractivity contribution in [3.05, 3.63) is 65.5 Å². The molecule has 2 aromatic rings. The summed E-state index contributed by atoms with van der Waals surface area (Å²) in [6.45, 7) is 1.09. The van der Waals surface area contributed by atoms with Gasteiger partial charge in [0.25, 0.3) is 5.91 Å². The quantitative estimate of drug-likeness (QED) is 0.763. The first-order valence-electron chi connectivity index (χ1n) is 9.11. The molecule has 1 aliphatic rings. The van der Waals surface area contributed by atoms with Gasteiger partial charge in [0.05, 0.1) is 6.61 Å². The third-order valence-corrected chi connectivity index (χ3v) is 4.61. The Morgan fingerprint density at radius 3 is 2.79 bits per heavy atom. The molecule has 28 heavy (non-hydrogen) atoms. The number of rotatable bonds is 7. The highest BCUT2D eigenvalue weighted by molar-refractivity contribution is 5.96. The zero-order valence-electron chi connectivity index (χ0n) is 15.3. The second-order valence-electron chi connectivity index (χ2n) is 6.71. The minimum absolute atomic E-state index is 0.156. The number of hydrogen-bond donors (Lipinski definition) is 2. The fourth-order valence-electron chi connectivity index (χ4n) is 3.16. The van der Waals surface area contributed by atoms with Crippen LogP contribution in [0, 0.1) is 11.7 Å². The predicted octanol–water partition coefficient (Wildman–Crippen LogP) is 3.01. The molecule has 2 aromatic carbocycles. The molecule has 3 rings (SSSR count). The van der Waals surface area contributed by atoms with Gasteiger partial charge in [-0.2, -0.15) is 0 Å². The maximum atomic E-state index is 13.2. The Labute approximate surface area is 162 Å². The number of benzene rings is 2. The first-order chi connectivity index (χ1) is 13.5. The van der Waals surface area contributed by atoms with Crippen LogP contribution < -0.4 is 10.1 Å². The van der Waals surface area contributed by atoms with Crippen molar-refractivity contribution in [1.82, 2.24) is 5.32 Å². The number of carbonyl (C=O) groups is 2. The second-order valence-corrected chi connectivity index (χ2v) is 6.71. The van der Waals surface area contributed by atoms with Gasteiger partial charge in [0.2, 0.25) is 0 Å². The van der Waals surface area contributed by atoms with E-state index in [-0.39, 0.29) is 12.5 Å². The molecule has 1 fully saturated rings. The minimum Gasteiger partial charge on any atom is -0.489 e. The normalized spacial score (nSPS) is 17.5. The Balaban J connectivity index is 1.64. The molecule has 148 valence electrons. The maximum Gasteiger partial charge on any atom is 0.326 e. The molecule has 2 atom stereocenters. The zero-order valence-corrected chi connectivity index (χ0v) is 15.3. The van der Waals surface area contributed by atoms with Gasteiger partial charge in [-0.3, -0.25) is 4.79 Å². The largest absolute Gasteiger partial charge is 0.489 e. The van der Waals surface area contributed by atoms with E-state index < -0.39 is 23.7 Å². The van der Waals surface area contributed by atoms with E-state index in [4.69, 9.17) is 9.47 Å². The van der Waals surface area contributed by atoms with E-state index in [1.807, 2.05) is 0 Å². The molecule has 1 heterocycles. The summed E-state index contributed by atoms with van der Waals surface area (Å²) >= 11 is 0. The summed E-state index contributed by atoms with van der Waals surface area (Å²) in [4.78, 5) is 24.2. The predicted molar refractivity (Wildman–Crippen MR) is 99.6 cm³/mol. The van der Waals surface area contributed by atoms with Crippen molar-refractivity contribution in [3.8, 4) is 5.75 Å². The molecule has 1 aliphatic heterocycles. The first-order valence-corrected chi connectivity index (χ1v) is 9.11. The Morgan fingerprint density at radius 1 is 1.25 bits per heavy atom. The maximum absolute atomic E-state index is 13.2. The van der Waals surface area contributed by atoms with Gasteiger partial charge < -0.3 is 19.9 Å². The molecule has 0 aliphatic carbocycles. The molecule has 1 saturated heterocycles. The van der Waals surface area contributed by atoms with Crippen LogP contribution in [0.2, 0.25) is 0 Å². The van der Waals surface area contributed by atoms with Gasteiger partial charge in [0, 0.05) is 24.2 Å². The number of carbonyl (C=O) groups excluding carboxylic acids is 1. The van der Waals surface area contributed by atoms with Crippen molar-refractivity contribution >= 4 is 11.9 Å². The summed E-state index contributed by atoms with van der Waals surface area (Å²) in [6, 6.07) is 11.5. The summed E-state index contributed by atoms with van der Waals surface area (Å²) in [5, 5.41) is 12.1. The number of amides is 1. The SMILES string of the molecule is O=C(NC(C(=O)O)C1CCCOC1)c1cccc(COc2cccc(F)c2)c1. The van der Waals surface area contributed by atoms with Gasteiger partial charge in [-0.15, -0.1) is 0 Å².